The molecule has 7 heteroatoms. The van der Waals surface area contributed by atoms with E-state index >= 15 is 0 Å². The third-order valence-corrected chi connectivity index (χ3v) is 4.97. The second kappa shape index (κ2) is 11.6. The van der Waals surface area contributed by atoms with Gasteiger partial charge in [-0.2, -0.15) is 0 Å². The van der Waals surface area contributed by atoms with Crippen LogP contribution in [-0.4, -0.2) is 26.0 Å². The Morgan fingerprint density at radius 2 is 1.76 bits per heavy atom. The molecule has 1 amide bonds. The molecule has 2 aromatic rings. The van der Waals surface area contributed by atoms with Crippen LogP contribution in [0, 0.1) is 5.92 Å². The smallest absolute Gasteiger partial charge is 0.227 e. The number of nitrogens with zero attached hydrogens (tertiary/aromatic N) is 1. The Balaban J connectivity index is 0.00000300. The molecule has 0 unspecified atom stereocenters. The number of nitrogens with one attached hydrogen (secondary N) is 3. The summed E-state index contributed by atoms with van der Waals surface area (Å²) in [5, 5.41) is 9.62. The largest absolute Gasteiger partial charge is 0.497 e. The summed E-state index contributed by atoms with van der Waals surface area (Å²) in [6.45, 7) is 1.29. The maximum absolute atomic E-state index is 12.1. The van der Waals surface area contributed by atoms with E-state index in [1.807, 2.05) is 48.5 Å². The first-order valence-corrected chi connectivity index (χ1v) is 9.65. The summed E-state index contributed by atoms with van der Waals surface area (Å²) in [6.07, 6.45) is 3.16. The lowest BCUT2D eigenvalue weighted by atomic mass is 9.85. The first kappa shape index (κ1) is 23.0. The molecule has 29 heavy (non-hydrogen) atoms. The van der Waals surface area contributed by atoms with Crippen molar-refractivity contribution in [3.63, 3.8) is 0 Å². The van der Waals surface area contributed by atoms with Crippen molar-refractivity contribution >= 4 is 41.5 Å². The molecule has 156 valence electrons. The minimum atomic E-state index is 0. The van der Waals surface area contributed by atoms with Crippen LogP contribution in [-0.2, 0) is 17.9 Å². The maximum Gasteiger partial charge on any atom is 0.227 e. The highest BCUT2D eigenvalue weighted by molar-refractivity contribution is 14.0. The van der Waals surface area contributed by atoms with Crippen molar-refractivity contribution in [2.75, 3.05) is 19.5 Å². The molecule has 1 aliphatic rings. The molecule has 6 nitrogen and oxygen atoms in total. The van der Waals surface area contributed by atoms with Gasteiger partial charge in [0.2, 0.25) is 5.91 Å². The van der Waals surface area contributed by atoms with Gasteiger partial charge in [0.1, 0.15) is 5.75 Å². The van der Waals surface area contributed by atoms with E-state index in [1.165, 1.54) is 0 Å². The summed E-state index contributed by atoms with van der Waals surface area (Å²) in [7, 11) is 3.41. The van der Waals surface area contributed by atoms with E-state index in [4.69, 9.17) is 4.74 Å². The first-order chi connectivity index (χ1) is 13.7. The Kier molecular flexibility index (Phi) is 9.24. The molecular weight excluding hydrogens is 479 g/mol. The van der Waals surface area contributed by atoms with Gasteiger partial charge in [-0.3, -0.25) is 9.79 Å². The minimum absolute atomic E-state index is 0. The van der Waals surface area contributed by atoms with E-state index in [-0.39, 0.29) is 35.8 Å². The van der Waals surface area contributed by atoms with Crippen molar-refractivity contribution in [3.05, 3.63) is 59.7 Å². The fourth-order valence-corrected chi connectivity index (χ4v) is 3.01. The molecule has 0 heterocycles. The van der Waals surface area contributed by atoms with Crippen LogP contribution < -0.4 is 20.7 Å². The topological polar surface area (TPSA) is 74.8 Å². The fraction of sp³-hybridized carbons (Fsp3) is 0.364. The Morgan fingerprint density at radius 1 is 1.07 bits per heavy atom. The summed E-state index contributed by atoms with van der Waals surface area (Å²) >= 11 is 0. The molecule has 1 aliphatic carbocycles. The van der Waals surface area contributed by atoms with Crippen LogP contribution in [0.4, 0.5) is 5.69 Å². The molecule has 0 bridgehead atoms. The molecule has 0 saturated heterocycles. The lowest BCUT2D eigenvalue weighted by molar-refractivity contribution is -0.122. The molecule has 0 radical (unpaired) electrons. The van der Waals surface area contributed by atoms with Gasteiger partial charge in [0, 0.05) is 31.7 Å². The third kappa shape index (κ3) is 6.92. The van der Waals surface area contributed by atoms with Gasteiger partial charge in [0.05, 0.1) is 7.11 Å². The number of ether oxygens (including phenoxy) is 1. The van der Waals surface area contributed by atoms with E-state index in [1.54, 1.807) is 14.2 Å². The quantitative estimate of drug-likeness (QED) is 0.301. The first-order valence-electron chi connectivity index (χ1n) is 9.65. The second-order valence-electron chi connectivity index (χ2n) is 6.94. The van der Waals surface area contributed by atoms with Gasteiger partial charge in [0.25, 0.3) is 0 Å². The van der Waals surface area contributed by atoms with E-state index in [0.717, 1.165) is 47.8 Å². The Labute approximate surface area is 189 Å². The van der Waals surface area contributed by atoms with Crippen LogP contribution in [0.15, 0.2) is 53.5 Å². The fourth-order valence-electron chi connectivity index (χ4n) is 3.01. The van der Waals surface area contributed by atoms with Crippen LogP contribution in [0.1, 0.15) is 30.4 Å². The molecular formula is C22H29IN4O2. The molecule has 1 fully saturated rings. The van der Waals surface area contributed by atoms with Gasteiger partial charge in [0.15, 0.2) is 5.96 Å². The summed E-state index contributed by atoms with van der Waals surface area (Å²) in [5.41, 5.74) is 3.07. The number of carbonyl (C=O) groups is 1. The molecule has 2 aromatic carbocycles. The number of carbonyl (C=O) groups excluding carboxylic acids is 1. The molecule has 0 atom stereocenters. The predicted molar refractivity (Wildman–Crippen MR) is 128 cm³/mol. The zero-order valence-corrected chi connectivity index (χ0v) is 19.2. The number of anilines is 1. The van der Waals surface area contributed by atoms with Crippen molar-refractivity contribution in [2.45, 2.75) is 32.4 Å². The standard InChI is InChI=1S/C22H28N4O2.HI/c1-23-22(24-14-16-9-11-20(28-2)12-10-16)25-15-17-5-3-8-19(13-17)26-21(27)18-6-4-7-18;/h3,5,8-13,18H,4,6-7,14-15H2,1-2H3,(H,26,27)(H2,23,24,25);1H. The van der Waals surface area contributed by atoms with Gasteiger partial charge < -0.3 is 20.7 Å². The normalized spacial score (nSPS) is 13.7. The van der Waals surface area contributed by atoms with Crippen LogP contribution in [0.25, 0.3) is 0 Å². The SMILES string of the molecule is CN=C(NCc1ccc(OC)cc1)NCc1cccc(NC(=O)C2CCC2)c1.I. The summed E-state index contributed by atoms with van der Waals surface area (Å²) in [4.78, 5) is 16.4. The minimum Gasteiger partial charge on any atom is -0.497 e. The maximum atomic E-state index is 12.1. The Bertz CT molecular complexity index is 820. The molecule has 3 rings (SSSR count). The predicted octanol–water partition coefficient (Wildman–Crippen LogP) is 3.92. The number of aliphatic imine (C=N–C) groups is 1. The van der Waals surface area contributed by atoms with Gasteiger partial charge in [-0.1, -0.05) is 30.7 Å². The van der Waals surface area contributed by atoms with Crippen LogP contribution in [0.2, 0.25) is 0 Å². The number of methoxy groups -OCH3 is 1. The van der Waals surface area contributed by atoms with Gasteiger partial charge >= 0.3 is 0 Å². The average Bonchev–Trinajstić information content (AvgIpc) is 2.67. The monoisotopic (exact) mass is 508 g/mol. The summed E-state index contributed by atoms with van der Waals surface area (Å²) in [6, 6.07) is 15.8. The highest BCUT2D eigenvalue weighted by Gasteiger charge is 2.25. The van der Waals surface area contributed by atoms with Crippen molar-refractivity contribution in [1.29, 1.82) is 0 Å². The number of amides is 1. The molecule has 3 N–H and O–H groups in total. The van der Waals surface area contributed by atoms with E-state index in [2.05, 4.69) is 20.9 Å². The second-order valence-corrected chi connectivity index (χ2v) is 6.94. The van der Waals surface area contributed by atoms with Crippen molar-refractivity contribution in [3.8, 4) is 5.75 Å². The van der Waals surface area contributed by atoms with Gasteiger partial charge in [-0.25, -0.2) is 0 Å². The lowest BCUT2D eigenvalue weighted by Gasteiger charge is -2.24. The van der Waals surface area contributed by atoms with E-state index in [9.17, 15) is 4.79 Å². The zero-order valence-electron chi connectivity index (χ0n) is 16.9. The highest BCUT2D eigenvalue weighted by Crippen LogP contribution is 2.27. The Hall–Kier alpha value is -2.29. The number of rotatable bonds is 7. The Morgan fingerprint density at radius 3 is 2.34 bits per heavy atom. The summed E-state index contributed by atoms with van der Waals surface area (Å²) in [5.74, 6) is 1.88. The molecule has 0 aromatic heterocycles. The van der Waals surface area contributed by atoms with Crippen molar-refractivity contribution in [2.24, 2.45) is 10.9 Å². The molecule has 0 aliphatic heterocycles. The van der Waals surface area contributed by atoms with Crippen LogP contribution in [0.3, 0.4) is 0 Å². The molecule has 0 spiro atoms. The lowest BCUT2D eigenvalue weighted by Crippen LogP contribution is -2.36. The number of hydrogen-bond donors (Lipinski definition) is 3. The molecule has 1 saturated carbocycles. The zero-order chi connectivity index (χ0) is 19.8. The highest BCUT2D eigenvalue weighted by atomic mass is 127. The van der Waals surface area contributed by atoms with Crippen molar-refractivity contribution in [1.82, 2.24) is 10.6 Å². The van der Waals surface area contributed by atoms with Gasteiger partial charge in [-0.05, 0) is 48.2 Å². The number of benzene rings is 2. The third-order valence-electron chi connectivity index (χ3n) is 4.97. The number of halogens is 1. The summed E-state index contributed by atoms with van der Waals surface area (Å²) < 4.78 is 5.18. The van der Waals surface area contributed by atoms with Crippen LogP contribution in [0.5, 0.6) is 5.75 Å². The average molecular weight is 508 g/mol. The van der Waals surface area contributed by atoms with E-state index < -0.39 is 0 Å². The van der Waals surface area contributed by atoms with Crippen LogP contribution >= 0.6 is 24.0 Å². The number of guanidine groups is 1. The van der Waals surface area contributed by atoms with Crippen molar-refractivity contribution < 1.29 is 9.53 Å². The van der Waals surface area contributed by atoms with E-state index in [0.29, 0.717) is 13.1 Å². The number of hydrogen-bond acceptors (Lipinski definition) is 3. The van der Waals surface area contributed by atoms with Gasteiger partial charge in [-0.15, -0.1) is 24.0 Å².